The topological polar surface area (TPSA) is 55.3 Å². The van der Waals surface area contributed by atoms with E-state index in [-0.39, 0.29) is 30.1 Å². The summed E-state index contributed by atoms with van der Waals surface area (Å²) in [5.74, 6) is 2.85. The molecule has 7 heteroatoms. The van der Waals surface area contributed by atoms with Gasteiger partial charge in [0.15, 0.2) is 5.96 Å². The number of likely N-dealkylation sites (tertiary alicyclic amines) is 1. The van der Waals surface area contributed by atoms with Gasteiger partial charge in [-0.3, -0.25) is 0 Å². The second-order valence-electron chi connectivity index (χ2n) is 8.05. The Bertz CT molecular complexity index is 719. The fourth-order valence-electron chi connectivity index (χ4n) is 4.47. The van der Waals surface area contributed by atoms with Gasteiger partial charge in [-0.2, -0.15) is 0 Å². The maximum Gasteiger partial charge on any atom is 0.194 e. The van der Waals surface area contributed by atoms with E-state index >= 15 is 0 Å². The fraction of sp³-hybridized carbons (Fsp3) is 0.667. The molecular weight excluding hydrogens is 469 g/mol. The highest BCUT2D eigenvalue weighted by atomic mass is 127. The first kappa shape index (κ1) is 21.5. The molecule has 0 saturated carbocycles. The van der Waals surface area contributed by atoms with E-state index in [4.69, 9.17) is 19.2 Å². The number of nitrogens with zero attached hydrogens (tertiary/aromatic N) is 2. The maximum atomic E-state index is 5.92. The zero-order valence-electron chi connectivity index (χ0n) is 17.1. The van der Waals surface area contributed by atoms with Crippen molar-refractivity contribution in [3.63, 3.8) is 0 Å². The number of ether oxygens (including phenoxy) is 3. The highest BCUT2D eigenvalue weighted by Gasteiger charge is 2.42. The van der Waals surface area contributed by atoms with E-state index < -0.39 is 0 Å². The Kier molecular flexibility index (Phi) is 6.96. The lowest BCUT2D eigenvalue weighted by Gasteiger charge is -2.25. The van der Waals surface area contributed by atoms with Crippen molar-refractivity contribution in [2.75, 3.05) is 40.0 Å². The standard InChI is InChI=1S/C21H31N3O3.HI/c1-4-22-20(24-7-5-21(13-24)6-8-26-14-21)23-12-17-11-19-16(9-15(2)27-19)10-18(17)25-3;/h10-11,15H,4-9,12-14H2,1-3H3,(H,22,23);1H. The molecular formula is C21H32IN3O3. The van der Waals surface area contributed by atoms with Gasteiger partial charge in [-0.1, -0.05) is 0 Å². The Labute approximate surface area is 185 Å². The zero-order chi connectivity index (χ0) is 18.9. The van der Waals surface area contributed by atoms with Gasteiger partial charge in [0, 0.05) is 49.2 Å². The molecule has 3 aliphatic rings. The van der Waals surface area contributed by atoms with Crippen LogP contribution < -0.4 is 14.8 Å². The third-order valence-corrected chi connectivity index (χ3v) is 5.96. The number of aliphatic imine (C=N–C) groups is 1. The molecule has 4 rings (SSSR count). The van der Waals surface area contributed by atoms with Crippen LogP contribution in [0.4, 0.5) is 0 Å². The predicted molar refractivity (Wildman–Crippen MR) is 121 cm³/mol. The number of fused-ring (bicyclic) bond motifs is 1. The molecule has 2 atom stereocenters. The number of benzene rings is 1. The predicted octanol–water partition coefficient (Wildman–Crippen LogP) is 3.21. The van der Waals surface area contributed by atoms with E-state index in [1.807, 2.05) is 0 Å². The summed E-state index contributed by atoms with van der Waals surface area (Å²) < 4.78 is 17.2. The first-order valence-electron chi connectivity index (χ1n) is 10.1. The Morgan fingerprint density at radius 2 is 2.25 bits per heavy atom. The third-order valence-electron chi connectivity index (χ3n) is 5.96. The van der Waals surface area contributed by atoms with Crippen LogP contribution in [0.25, 0.3) is 0 Å². The molecule has 3 heterocycles. The SMILES string of the molecule is CCNC(=NCc1cc2c(cc1OC)CC(C)O2)N1CCC2(CCOC2)C1.I. The molecule has 1 aromatic carbocycles. The molecule has 2 saturated heterocycles. The summed E-state index contributed by atoms with van der Waals surface area (Å²) in [6.07, 6.45) is 3.52. The van der Waals surface area contributed by atoms with Crippen molar-refractivity contribution in [2.45, 2.75) is 45.8 Å². The number of guanidine groups is 1. The number of hydrogen-bond acceptors (Lipinski definition) is 4. The van der Waals surface area contributed by atoms with Crippen molar-refractivity contribution in [2.24, 2.45) is 10.4 Å². The monoisotopic (exact) mass is 501 g/mol. The van der Waals surface area contributed by atoms with Crippen molar-refractivity contribution >= 4 is 29.9 Å². The molecule has 6 nitrogen and oxygen atoms in total. The highest BCUT2D eigenvalue weighted by molar-refractivity contribution is 14.0. The van der Waals surface area contributed by atoms with Crippen LogP contribution in [0.3, 0.4) is 0 Å². The Balaban J connectivity index is 0.00000225. The molecule has 0 bridgehead atoms. The van der Waals surface area contributed by atoms with Crippen molar-refractivity contribution in [3.05, 3.63) is 23.3 Å². The van der Waals surface area contributed by atoms with Crippen LogP contribution >= 0.6 is 24.0 Å². The van der Waals surface area contributed by atoms with Crippen molar-refractivity contribution in [1.29, 1.82) is 0 Å². The highest BCUT2D eigenvalue weighted by Crippen LogP contribution is 2.38. The van der Waals surface area contributed by atoms with E-state index in [1.165, 1.54) is 12.0 Å². The van der Waals surface area contributed by atoms with Gasteiger partial charge in [-0.05, 0) is 38.8 Å². The number of rotatable bonds is 4. The minimum Gasteiger partial charge on any atom is -0.496 e. The Morgan fingerprint density at radius 1 is 1.39 bits per heavy atom. The van der Waals surface area contributed by atoms with E-state index in [0.717, 1.165) is 68.7 Å². The van der Waals surface area contributed by atoms with Crippen LogP contribution in [0.5, 0.6) is 11.5 Å². The van der Waals surface area contributed by atoms with Gasteiger partial charge in [0.2, 0.25) is 0 Å². The molecule has 156 valence electrons. The van der Waals surface area contributed by atoms with Crippen LogP contribution in [-0.2, 0) is 17.7 Å². The average molecular weight is 501 g/mol. The van der Waals surface area contributed by atoms with E-state index in [2.05, 4.69) is 36.2 Å². The lowest BCUT2D eigenvalue weighted by atomic mass is 9.87. The summed E-state index contributed by atoms with van der Waals surface area (Å²) in [4.78, 5) is 7.31. The summed E-state index contributed by atoms with van der Waals surface area (Å²) >= 11 is 0. The molecule has 0 amide bonds. The van der Waals surface area contributed by atoms with Gasteiger partial charge >= 0.3 is 0 Å². The minimum atomic E-state index is 0. The van der Waals surface area contributed by atoms with Crippen LogP contribution in [-0.4, -0.2) is 56.9 Å². The van der Waals surface area contributed by atoms with Crippen LogP contribution in [0.2, 0.25) is 0 Å². The molecule has 28 heavy (non-hydrogen) atoms. The van der Waals surface area contributed by atoms with Crippen molar-refractivity contribution in [3.8, 4) is 11.5 Å². The molecule has 1 N–H and O–H groups in total. The van der Waals surface area contributed by atoms with Gasteiger partial charge in [-0.15, -0.1) is 24.0 Å². The summed E-state index contributed by atoms with van der Waals surface area (Å²) in [7, 11) is 1.73. The van der Waals surface area contributed by atoms with Crippen molar-refractivity contribution in [1.82, 2.24) is 10.2 Å². The third kappa shape index (κ3) is 4.35. The number of methoxy groups -OCH3 is 1. The first-order valence-corrected chi connectivity index (χ1v) is 10.1. The Morgan fingerprint density at radius 3 is 2.96 bits per heavy atom. The van der Waals surface area contributed by atoms with Gasteiger partial charge in [-0.25, -0.2) is 4.99 Å². The molecule has 0 radical (unpaired) electrons. The lowest BCUT2D eigenvalue weighted by molar-refractivity contribution is 0.156. The van der Waals surface area contributed by atoms with Gasteiger partial charge in [0.25, 0.3) is 0 Å². The van der Waals surface area contributed by atoms with Crippen LogP contribution in [0, 0.1) is 5.41 Å². The quantitative estimate of drug-likeness (QED) is 0.390. The molecule has 0 aromatic heterocycles. The Hall–Kier alpha value is -1.22. The van der Waals surface area contributed by atoms with Crippen molar-refractivity contribution < 1.29 is 14.2 Å². The number of nitrogens with one attached hydrogen (secondary N) is 1. The molecule has 1 spiro atoms. The zero-order valence-corrected chi connectivity index (χ0v) is 19.5. The molecule has 3 aliphatic heterocycles. The van der Waals surface area contributed by atoms with E-state index in [1.54, 1.807) is 7.11 Å². The molecule has 2 unspecified atom stereocenters. The van der Waals surface area contributed by atoms with Crippen LogP contribution in [0.15, 0.2) is 17.1 Å². The largest absolute Gasteiger partial charge is 0.496 e. The molecule has 2 fully saturated rings. The number of halogens is 1. The summed E-state index contributed by atoms with van der Waals surface area (Å²) in [6.45, 7) is 9.51. The minimum absolute atomic E-state index is 0. The van der Waals surface area contributed by atoms with E-state index in [0.29, 0.717) is 12.0 Å². The van der Waals surface area contributed by atoms with Crippen LogP contribution in [0.1, 0.15) is 37.8 Å². The van der Waals surface area contributed by atoms with Gasteiger partial charge < -0.3 is 24.4 Å². The van der Waals surface area contributed by atoms with Gasteiger partial charge in [0.05, 0.1) is 20.3 Å². The number of hydrogen-bond donors (Lipinski definition) is 1. The second-order valence-corrected chi connectivity index (χ2v) is 8.05. The smallest absolute Gasteiger partial charge is 0.194 e. The summed E-state index contributed by atoms with van der Waals surface area (Å²) in [6, 6.07) is 4.21. The second kappa shape index (κ2) is 9.07. The molecule has 1 aromatic rings. The maximum absolute atomic E-state index is 5.92. The van der Waals surface area contributed by atoms with Gasteiger partial charge in [0.1, 0.15) is 17.6 Å². The van der Waals surface area contributed by atoms with E-state index in [9.17, 15) is 0 Å². The first-order chi connectivity index (χ1) is 13.1. The normalized spacial score (nSPS) is 26.2. The summed E-state index contributed by atoms with van der Waals surface area (Å²) in [5, 5.41) is 3.46. The lowest BCUT2D eigenvalue weighted by Crippen LogP contribution is -2.41. The average Bonchev–Trinajstić information content (AvgIpc) is 3.38. The fourth-order valence-corrected chi connectivity index (χ4v) is 4.47. The molecule has 0 aliphatic carbocycles. The summed E-state index contributed by atoms with van der Waals surface area (Å²) in [5.41, 5.74) is 2.62.